The van der Waals surface area contributed by atoms with Gasteiger partial charge in [0, 0.05) is 24.7 Å². The molecular weight excluding hydrogens is 236 g/mol. The predicted molar refractivity (Wildman–Crippen MR) is 81.3 cm³/mol. The van der Waals surface area contributed by atoms with Crippen LogP contribution in [0.4, 0.5) is 0 Å². The highest BCUT2D eigenvalue weighted by atomic mass is 16.5. The van der Waals surface area contributed by atoms with Crippen LogP contribution < -0.4 is 10.5 Å². The summed E-state index contributed by atoms with van der Waals surface area (Å²) in [5, 5.41) is 0. The summed E-state index contributed by atoms with van der Waals surface area (Å²) >= 11 is 0. The molecule has 0 aliphatic heterocycles. The third-order valence-corrected chi connectivity index (χ3v) is 3.56. The van der Waals surface area contributed by atoms with Crippen LogP contribution in [-0.2, 0) is 13.1 Å². The molecule has 0 bridgehead atoms. The summed E-state index contributed by atoms with van der Waals surface area (Å²) < 4.78 is 5.30. The maximum absolute atomic E-state index is 5.76. The lowest BCUT2D eigenvalue weighted by Gasteiger charge is -2.26. The van der Waals surface area contributed by atoms with Crippen molar-refractivity contribution in [1.29, 1.82) is 0 Å². The van der Waals surface area contributed by atoms with E-state index < -0.39 is 0 Å². The lowest BCUT2D eigenvalue weighted by molar-refractivity contribution is 0.220. The van der Waals surface area contributed by atoms with Gasteiger partial charge in [0.25, 0.3) is 0 Å². The van der Waals surface area contributed by atoms with E-state index in [-0.39, 0.29) is 0 Å². The van der Waals surface area contributed by atoms with Crippen LogP contribution in [0.3, 0.4) is 0 Å². The highest BCUT2D eigenvalue weighted by molar-refractivity contribution is 5.37. The van der Waals surface area contributed by atoms with E-state index in [0.717, 1.165) is 23.8 Å². The monoisotopic (exact) mass is 264 g/mol. The zero-order valence-corrected chi connectivity index (χ0v) is 12.9. The van der Waals surface area contributed by atoms with Gasteiger partial charge in [-0.3, -0.25) is 4.90 Å². The van der Waals surface area contributed by atoms with Crippen molar-refractivity contribution in [3.05, 3.63) is 29.3 Å². The Morgan fingerprint density at radius 2 is 1.95 bits per heavy atom. The van der Waals surface area contributed by atoms with Crippen LogP contribution >= 0.6 is 0 Å². The topological polar surface area (TPSA) is 38.5 Å². The maximum atomic E-state index is 5.76. The second kappa shape index (κ2) is 7.51. The Morgan fingerprint density at radius 1 is 1.26 bits per heavy atom. The lowest BCUT2D eigenvalue weighted by atomic mass is 10.0. The van der Waals surface area contributed by atoms with Crippen molar-refractivity contribution in [3.8, 4) is 5.75 Å². The predicted octanol–water partition coefficient (Wildman–Crippen LogP) is 3.02. The number of benzene rings is 1. The minimum atomic E-state index is 0.516. The first kappa shape index (κ1) is 16.0. The van der Waals surface area contributed by atoms with E-state index in [1.54, 1.807) is 7.11 Å². The number of hydrogen-bond donors (Lipinski definition) is 1. The number of rotatable bonds is 7. The van der Waals surface area contributed by atoms with Crippen molar-refractivity contribution in [2.75, 3.05) is 14.2 Å². The van der Waals surface area contributed by atoms with E-state index in [1.807, 2.05) is 6.07 Å². The second-order valence-electron chi connectivity index (χ2n) is 5.74. The van der Waals surface area contributed by atoms with Gasteiger partial charge in [-0.2, -0.15) is 0 Å². The summed E-state index contributed by atoms with van der Waals surface area (Å²) in [5.41, 5.74) is 8.12. The highest BCUT2D eigenvalue weighted by Gasteiger charge is 2.12. The molecule has 19 heavy (non-hydrogen) atoms. The number of hydrogen-bond acceptors (Lipinski definition) is 3. The zero-order chi connectivity index (χ0) is 14.4. The minimum Gasteiger partial charge on any atom is -0.496 e. The van der Waals surface area contributed by atoms with E-state index in [4.69, 9.17) is 10.5 Å². The summed E-state index contributed by atoms with van der Waals surface area (Å²) in [6, 6.07) is 6.87. The van der Waals surface area contributed by atoms with Crippen LogP contribution in [-0.4, -0.2) is 25.1 Å². The molecule has 0 spiro atoms. The molecule has 1 aromatic rings. The molecule has 1 aromatic carbocycles. The van der Waals surface area contributed by atoms with Gasteiger partial charge in [0.05, 0.1) is 7.11 Å². The number of nitrogens with zero attached hydrogens (tertiary/aromatic N) is 1. The molecule has 0 radical (unpaired) electrons. The number of methoxy groups -OCH3 is 1. The molecule has 108 valence electrons. The molecule has 3 nitrogen and oxygen atoms in total. The van der Waals surface area contributed by atoms with Crippen LogP contribution in [0.5, 0.6) is 5.75 Å². The second-order valence-corrected chi connectivity index (χ2v) is 5.74. The molecule has 1 atom stereocenters. The Bertz CT molecular complexity index is 390. The zero-order valence-electron chi connectivity index (χ0n) is 12.9. The van der Waals surface area contributed by atoms with Crippen molar-refractivity contribution in [1.82, 2.24) is 4.90 Å². The Hall–Kier alpha value is -1.06. The van der Waals surface area contributed by atoms with E-state index in [1.165, 1.54) is 12.0 Å². The van der Waals surface area contributed by atoms with Crippen molar-refractivity contribution >= 4 is 0 Å². The largest absolute Gasteiger partial charge is 0.496 e. The fourth-order valence-corrected chi connectivity index (χ4v) is 2.40. The van der Waals surface area contributed by atoms with Gasteiger partial charge in [0.15, 0.2) is 0 Å². The third kappa shape index (κ3) is 4.84. The van der Waals surface area contributed by atoms with E-state index >= 15 is 0 Å². The van der Waals surface area contributed by atoms with Crippen LogP contribution in [0.1, 0.15) is 38.3 Å². The molecule has 0 fully saturated rings. The molecule has 0 saturated carbocycles. The molecule has 1 rings (SSSR count). The summed E-state index contributed by atoms with van der Waals surface area (Å²) in [4.78, 5) is 2.39. The summed E-state index contributed by atoms with van der Waals surface area (Å²) in [6.07, 6.45) is 1.22. The first-order chi connectivity index (χ1) is 8.97. The fraction of sp³-hybridized carbons (Fsp3) is 0.625. The van der Waals surface area contributed by atoms with E-state index in [0.29, 0.717) is 12.6 Å². The molecule has 0 aliphatic carbocycles. The van der Waals surface area contributed by atoms with Gasteiger partial charge in [-0.15, -0.1) is 0 Å². The molecule has 0 aromatic heterocycles. The van der Waals surface area contributed by atoms with Gasteiger partial charge in [0.1, 0.15) is 5.75 Å². The van der Waals surface area contributed by atoms with Gasteiger partial charge >= 0.3 is 0 Å². The normalized spacial score (nSPS) is 13.1. The van der Waals surface area contributed by atoms with Crippen LogP contribution in [0.2, 0.25) is 0 Å². The lowest BCUT2D eigenvalue weighted by Crippen LogP contribution is -2.29. The first-order valence-electron chi connectivity index (χ1n) is 7.04. The molecule has 0 heterocycles. The summed E-state index contributed by atoms with van der Waals surface area (Å²) in [5.74, 6) is 1.61. The molecular formula is C16H28N2O. The first-order valence-corrected chi connectivity index (χ1v) is 7.04. The Morgan fingerprint density at radius 3 is 2.47 bits per heavy atom. The van der Waals surface area contributed by atoms with Crippen LogP contribution in [0.15, 0.2) is 18.2 Å². The molecule has 0 amide bonds. The van der Waals surface area contributed by atoms with E-state index in [9.17, 15) is 0 Å². The molecule has 2 N–H and O–H groups in total. The molecule has 0 aliphatic rings. The van der Waals surface area contributed by atoms with Gasteiger partial charge in [-0.1, -0.05) is 19.9 Å². The smallest absolute Gasteiger partial charge is 0.123 e. The third-order valence-electron chi connectivity index (χ3n) is 3.56. The molecule has 1 unspecified atom stereocenters. The van der Waals surface area contributed by atoms with Crippen molar-refractivity contribution in [3.63, 3.8) is 0 Å². The van der Waals surface area contributed by atoms with Crippen LogP contribution in [0, 0.1) is 5.92 Å². The Kier molecular flexibility index (Phi) is 6.32. The Balaban J connectivity index is 2.71. The summed E-state index contributed by atoms with van der Waals surface area (Å²) in [7, 11) is 3.87. The van der Waals surface area contributed by atoms with Crippen molar-refractivity contribution in [2.24, 2.45) is 11.7 Å². The number of ether oxygens (including phenoxy) is 1. The van der Waals surface area contributed by atoms with Gasteiger partial charge in [0.2, 0.25) is 0 Å². The SMILES string of the molecule is COc1ccc(CN(C)C(C)CC(C)C)cc1CN. The molecule has 3 heteroatoms. The van der Waals surface area contributed by atoms with Crippen molar-refractivity contribution in [2.45, 2.75) is 46.3 Å². The van der Waals surface area contributed by atoms with Crippen molar-refractivity contribution < 1.29 is 4.74 Å². The van der Waals surface area contributed by atoms with Gasteiger partial charge in [-0.05, 0) is 44.0 Å². The standard InChI is InChI=1S/C16H28N2O/c1-12(2)8-13(3)18(4)11-14-6-7-16(19-5)15(9-14)10-17/h6-7,9,12-13H,8,10-11,17H2,1-5H3. The average molecular weight is 264 g/mol. The highest BCUT2D eigenvalue weighted by Crippen LogP contribution is 2.21. The quantitative estimate of drug-likeness (QED) is 0.822. The summed E-state index contributed by atoms with van der Waals surface area (Å²) in [6.45, 7) is 8.29. The molecule has 0 saturated heterocycles. The fourth-order valence-electron chi connectivity index (χ4n) is 2.40. The van der Waals surface area contributed by atoms with Gasteiger partial charge < -0.3 is 10.5 Å². The van der Waals surface area contributed by atoms with Gasteiger partial charge in [-0.25, -0.2) is 0 Å². The average Bonchev–Trinajstić information content (AvgIpc) is 2.37. The maximum Gasteiger partial charge on any atom is 0.123 e. The minimum absolute atomic E-state index is 0.516. The van der Waals surface area contributed by atoms with Crippen LogP contribution in [0.25, 0.3) is 0 Å². The Labute approximate surface area is 117 Å². The van der Waals surface area contributed by atoms with E-state index in [2.05, 4.69) is 44.9 Å². The number of nitrogens with two attached hydrogens (primary N) is 1.